The Labute approximate surface area is 174 Å². The van der Waals surface area contributed by atoms with Gasteiger partial charge in [0.05, 0.1) is 13.2 Å². The highest BCUT2D eigenvalue weighted by Crippen LogP contribution is 2.37. The SMILES string of the molecule is CC(=O)N[C@@H]1[C@@H](OCc2ccccc2)[C@H](O)[C@@H](CO[Si](C)(C)C(C)(C)C)O[C@H]1O. The summed E-state index contributed by atoms with van der Waals surface area (Å²) in [4.78, 5) is 11.6. The molecule has 1 fully saturated rings. The number of benzene rings is 1. The second kappa shape index (κ2) is 9.68. The van der Waals surface area contributed by atoms with E-state index in [2.05, 4.69) is 39.2 Å². The first-order valence-corrected chi connectivity index (χ1v) is 12.9. The van der Waals surface area contributed by atoms with Crippen LogP contribution in [-0.4, -0.2) is 61.7 Å². The van der Waals surface area contributed by atoms with Crippen molar-refractivity contribution in [2.75, 3.05) is 6.61 Å². The number of hydrogen-bond acceptors (Lipinski definition) is 6. The minimum atomic E-state index is -2.06. The van der Waals surface area contributed by atoms with E-state index in [0.717, 1.165) is 5.56 Å². The Kier molecular flexibility index (Phi) is 8.00. The zero-order valence-corrected chi connectivity index (χ0v) is 19.2. The van der Waals surface area contributed by atoms with Crippen LogP contribution in [0.1, 0.15) is 33.3 Å². The largest absolute Gasteiger partial charge is 0.414 e. The van der Waals surface area contributed by atoms with E-state index in [9.17, 15) is 15.0 Å². The molecule has 8 heteroatoms. The first-order valence-electron chi connectivity index (χ1n) is 10.0. The first kappa shape index (κ1) is 24.0. The molecule has 1 aromatic carbocycles. The summed E-state index contributed by atoms with van der Waals surface area (Å²) in [6.07, 6.45) is -3.97. The summed E-state index contributed by atoms with van der Waals surface area (Å²) < 4.78 is 17.7. The van der Waals surface area contributed by atoms with E-state index in [4.69, 9.17) is 13.9 Å². The molecule has 1 aromatic rings. The molecule has 5 atom stereocenters. The van der Waals surface area contributed by atoms with Crippen LogP contribution in [0.15, 0.2) is 30.3 Å². The van der Waals surface area contributed by atoms with Crippen LogP contribution >= 0.6 is 0 Å². The summed E-state index contributed by atoms with van der Waals surface area (Å²) in [5.74, 6) is -0.339. The molecule has 1 aliphatic heterocycles. The van der Waals surface area contributed by atoms with Crippen molar-refractivity contribution in [1.29, 1.82) is 0 Å². The molecule has 1 saturated heterocycles. The fraction of sp³-hybridized carbons (Fsp3) is 0.667. The molecular weight excluding hydrogens is 390 g/mol. The van der Waals surface area contributed by atoms with Crippen LogP contribution in [0, 0.1) is 0 Å². The van der Waals surface area contributed by atoms with E-state index < -0.39 is 39.0 Å². The molecule has 2 rings (SSSR count). The van der Waals surface area contributed by atoms with E-state index in [0.29, 0.717) is 0 Å². The maximum Gasteiger partial charge on any atom is 0.217 e. The molecule has 7 nitrogen and oxygen atoms in total. The highest BCUT2D eigenvalue weighted by atomic mass is 28.4. The predicted molar refractivity (Wildman–Crippen MR) is 113 cm³/mol. The lowest BCUT2D eigenvalue weighted by molar-refractivity contribution is -0.262. The number of carbonyl (C=O) groups is 1. The summed E-state index contributed by atoms with van der Waals surface area (Å²) in [7, 11) is -2.06. The van der Waals surface area contributed by atoms with E-state index in [1.54, 1.807) is 0 Å². The van der Waals surface area contributed by atoms with Crippen molar-refractivity contribution in [1.82, 2.24) is 5.32 Å². The maximum absolute atomic E-state index is 11.6. The Balaban J connectivity index is 2.12. The average molecular weight is 426 g/mol. The smallest absolute Gasteiger partial charge is 0.217 e. The number of aliphatic hydroxyl groups is 2. The van der Waals surface area contributed by atoms with E-state index in [-0.39, 0.29) is 24.2 Å². The molecule has 0 spiro atoms. The maximum atomic E-state index is 11.6. The zero-order valence-electron chi connectivity index (χ0n) is 18.2. The average Bonchev–Trinajstić information content (AvgIpc) is 2.62. The third-order valence-electron chi connectivity index (χ3n) is 5.76. The number of aliphatic hydroxyl groups excluding tert-OH is 2. The van der Waals surface area contributed by atoms with Gasteiger partial charge in [-0.25, -0.2) is 0 Å². The van der Waals surface area contributed by atoms with Crippen molar-refractivity contribution in [3.05, 3.63) is 35.9 Å². The van der Waals surface area contributed by atoms with Crippen molar-refractivity contribution in [3.8, 4) is 0 Å². The lowest BCUT2D eigenvalue weighted by atomic mass is 9.96. The van der Waals surface area contributed by atoms with Gasteiger partial charge in [-0.3, -0.25) is 4.79 Å². The Bertz CT molecular complexity index is 663. The number of amides is 1. The van der Waals surface area contributed by atoms with Gasteiger partial charge in [0.15, 0.2) is 14.6 Å². The fourth-order valence-corrected chi connectivity index (χ4v) is 3.95. The molecule has 0 unspecified atom stereocenters. The summed E-state index contributed by atoms with van der Waals surface area (Å²) in [6, 6.07) is 8.64. The van der Waals surface area contributed by atoms with E-state index >= 15 is 0 Å². The molecule has 3 N–H and O–H groups in total. The fourth-order valence-electron chi connectivity index (χ4n) is 2.93. The topological polar surface area (TPSA) is 97.3 Å². The third-order valence-corrected chi connectivity index (χ3v) is 10.3. The Morgan fingerprint density at radius 3 is 2.38 bits per heavy atom. The first-order chi connectivity index (χ1) is 13.4. The van der Waals surface area contributed by atoms with E-state index in [1.165, 1.54) is 6.92 Å². The second-order valence-electron chi connectivity index (χ2n) is 9.11. The molecule has 0 aliphatic carbocycles. The van der Waals surface area contributed by atoms with Crippen LogP contribution < -0.4 is 5.32 Å². The molecule has 29 heavy (non-hydrogen) atoms. The molecule has 1 aliphatic rings. The van der Waals surface area contributed by atoms with Crippen LogP contribution in [0.4, 0.5) is 0 Å². The molecule has 0 radical (unpaired) electrons. The van der Waals surface area contributed by atoms with Gasteiger partial charge in [-0.15, -0.1) is 0 Å². The van der Waals surface area contributed by atoms with Gasteiger partial charge >= 0.3 is 0 Å². The van der Waals surface area contributed by atoms with Gasteiger partial charge in [-0.05, 0) is 23.7 Å². The predicted octanol–water partition coefficient (Wildman–Crippen LogP) is 2.18. The van der Waals surface area contributed by atoms with Gasteiger partial charge in [0, 0.05) is 6.92 Å². The van der Waals surface area contributed by atoms with Crippen molar-refractivity contribution < 1.29 is 28.9 Å². The number of hydrogen-bond donors (Lipinski definition) is 3. The Hall–Kier alpha value is -1.29. The quantitative estimate of drug-likeness (QED) is 0.580. The zero-order chi connectivity index (χ0) is 21.8. The molecule has 1 heterocycles. The van der Waals surface area contributed by atoms with E-state index in [1.807, 2.05) is 30.3 Å². The summed E-state index contributed by atoms with van der Waals surface area (Å²) in [5.41, 5.74) is 0.927. The lowest BCUT2D eigenvalue weighted by Gasteiger charge is -2.44. The van der Waals surface area contributed by atoms with Crippen LogP contribution in [0.2, 0.25) is 18.1 Å². The minimum absolute atomic E-state index is 0.00711. The van der Waals surface area contributed by atoms with Crippen LogP contribution in [0.3, 0.4) is 0 Å². The van der Waals surface area contributed by atoms with Crippen LogP contribution in [0.5, 0.6) is 0 Å². The lowest BCUT2D eigenvalue weighted by Crippen LogP contribution is -2.65. The highest BCUT2D eigenvalue weighted by Gasteiger charge is 2.47. The molecule has 0 saturated carbocycles. The molecule has 164 valence electrons. The normalized spacial score (nSPS) is 28.2. The molecule has 1 amide bonds. The van der Waals surface area contributed by atoms with Gasteiger partial charge in [0.1, 0.15) is 24.4 Å². The van der Waals surface area contributed by atoms with Crippen molar-refractivity contribution in [3.63, 3.8) is 0 Å². The minimum Gasteiger partial charge on any atom is -0.414 e. The number of rotatable bonds is 7. The molecular formula is C21H35NO6Si. The number of carbonyl (C=O) groups excluding carboxylic acids is 1. The standard InChI is InChI=1S/C21H35NO6Si/c1-14(23)22-17-19(26-12-15-10-8-7-9-11-15)18(24)16(28-20(17)25)13-27-29(5,6)21(2,3)4/h7-11,16-20,24-25H,12-13H2,1-6H3,(H,22,23)/t16-,17-,18-,19-,20-/m1/s1. The Morgan fingerprint density at radius 2 is 1.83 bits per heavy atom. The second-order valence-corrected chi connectivity index (χ2v) is 13.9. The van der Waals surface area contributed by atoms with Gasteiger partial charge < -0.3 is 29.4 Å². The van der Waals surface area contributed by atoms with Crippen molar-refractivity contribution in [2.24, 2.45) is 0 Å². The van der Waals surface area contributed by atoms with Crippen molar-refractivity contribution in [2.45, 2.75) is 83.1 Å². The van der Waals surface area contributed by atoms with Gasteiger partial charge in [-0.2, -0.15) is 0 Å². The Morgan fingerprint density at radius 1 is 1.21 bits per heavy atom. The number of nitrogens with one attached hydrogen (secondary N) is 1. The monoisotopic (exact) mass is 425 g/mol. The van der Waals surface area contributed by atoms with Crippen molar-refractivity contribution >= 4 is 14.2 Å². The third kappa shape index (κ3) is 6.34. The summed E-state index contributed by atoms with van der Waals surface area (Å²) >= 11 is 0. The van der Waals surface area contributed by atoms with Crippen LogP contribution in [-0.2, 0) is 25.3 Å². The summed E-state index contributed by atoms with van der Waals surface area (Å²) in [5, 5.41) is 24.1. The van der Waals surface area contributed by atoms with Crippen LogP contribution in [0.25, 0.3) is 0 Å². The number of ether oxygens (including phenoxy) is 2. The summed E-state index contributed by atoms with van der Waals surface area (Å²) in [6.45, 7) is 12.3. The van der Waals surface area contributed by atoms with Gasteiger partial charge in [0.25, 0.3) is 0 Å². The van der Waals surface area contributed by atoms with Gasteiger partial charge in [0.2, 0.25) is 5.91 Å². The molecule has 0 aromatic heterocycles. The highest BCUT2D eigenvalue weighted by molar-refractivity contribution is 6.74. The molecule has 0 bridgehead atoms. The van der Waals surface area contributed by atoms with Gasteiger partial charge in [-0.1, -0.05) is 51.1 Å².